The summed E-state index contributed by atoms with van der Waals surface area (Å²) in [5.41, 5.74) is 0.243. The van der Waals surface area contributed by atoms with Crippen molar-refractivity contribution >= 4 is 33.3 Å². The van der Waals surface area contributed by atoms with Gasteiger partial charge >= 0.3 is 12.6 Å². The Morgan fingerprint density at radius 3 is 2.65 bits per heavy atom. The number of hydrogen-bond acceptors (Lipinski definition) is 4. The number of nitro groups is 1. The number of rotatable bonds is 6. The molecule has 0 aliphatic heterocycles. The third kappa shape index (κ3) is 5.12. The molecule has 0 saturated heterocycles. The van der Waals surface area contributed by atoms with Crippen molar-refractivity contribution in [2.45, 2.75) is 13.2 Å². The van der Waals surface area contributed by atoms with Crippen LogP contribution in [0.5, 0.6) is 5.75 Å². The Bertz CT molecular complexity index is 820. The van der Waals surface area contributed by atoms with Crippen molar-refractivity contribution in [1.82, 2.24) is 4.90 Å². The standard InChI is InChI=1S/C16H14BrF2N3O4/c1-21(9-10-4-2-3-5-12(10)17)16(23)20-13-8-11(22(24)25)6-7-14(13)26-15(18)19/h2-8,15H,9H2,1H3,(H,20,23). The Labute approximate surface area is 155 Å². The second-order valence-electron chi connectivity index (χ2n) is 5.19. The first kappa shape index (κ1) is 19.6. The molecule has 2 aromatic rings. The van der Waals surface area contributed by atoms with Gasteiger partial charge in [0.2, 0.25) is 0 Å². The van der Waals surface area contributed by atoms with Crippen molar-refractivity contribution in [3.63, 3.8) is 0 Å². The van der Waals surface area contributed by atoms with Crippen LogP contribution in [0.25, 0.3) is 0 Å². The average Bonchev–Trinajstić information content (AvgIpc) is 2.57. The molecule has 0 aromatic heterocycles. The number of alkyl halides is 2. The normalized spacial score (nSPS) is 10.5. The third-order valence-electron chi connectivity index (χ3n) is 3.34. The van der Waals surface area contributed by atoms with Crippen molar-refractivity contribution in [1.29, 1.82) is 0 Å². The molecule has 0 fully saturated rings. The van der Waals surface area contributed by atoms with Crippen LogP contribution >= 0.6 is 15.9 Å². The highest BCUT2D eigenvalue weighted by molar-refractivity contribution is 9.10. The first-order valence-electron chi connectivity index (χ1n) is 7.26. The number of anilines is 1. The minimum Gasteiger partial charge on any atom is -0.433 e. The zero-order valence-electron chi connectivity index (χ0n) is 13.5. The highest BCUT2D eigenvalue weighted by atomic mass is 79.9. The van der Waals surface area contributed by atoms with Gasteiger partial charge in [-0.15, -0.1) is 0 Å². The van der Waals surface area contributed by atoms with E-state index >= 15 is 0 Å². The maximum atomic E-state index is 12.5. The van der Waals surface area contributed by atoms with Crippen molar-refractivity contribution in [2.75, 3.05) is 12.4 Å². The zero-order chi connectivity index (χ0) is 19.3. The lowest BCUT2D eigenvalue weighted by molar-refractivity contribution is -0.384. The smallest absolute Gasteiger partial charge is 0.387 e. The average molecular weight is 430 g/mol. The molecule has 2 aromatic carbocycles. The van der Waals surface area contributed by atoms with Gasteiger partial charge in [-0.3, -0.25) is 10.1 Å². The summed E-state index contributed by atoms with van der Waals surface area (Å²) < 4.78 is 30.1. The molecule has 10 heteroatoms. The van der Waals surface area contributed by atoms with Gasteiger partial charge in [0.15, 0.2) is 0 Å². The summed E-state index contributed by atoms with van der Waals surface area (Å²) in [4.78, 5) is 23.8. The molecule has 2 amide bonds. The highest BCUT2D eigenvalue weighted by Crippen LogP contribution is 2.30. The minimum absolute atomic E-state index is 0.219. The molecule has 0 aliphatic carbocycles. The summed E-state index contributed by atoms with van der Waals surface area (Å²) in [5.74, 6) is -0.367. The number of ether oxygens (including phenoxy) is 1. The molecule has 7 nitrogen and oxygen atoms in total. The van der Waals surface area contributed by atoms with Crippen LogP contribution in [0.3, 0.4) is 0 Å². The van der Waals surface area contributed by atoms with Crippen molar-refractivity contribution in [3.05, 3.63) is 62.6 Å². The Morgan fingerprint density at radius 1 is 1.35 bits per heavy atom. The van der Waals surface area contributed by atoms with E-state index in [0.717, 1.165) is 28.2 Å². The first-order chi connectivity index (χ1) is 12.3. The lowest BCUT2D eigenvalue weighted by Gasteiger charge is -2.20. The van der Waals surface area contributed by atoms with Gasteiger partial charge in [-0.05, 0) is 17.7 Å². The molecule has 2 rings (SSSR count). The van der Waals surface area contributed by atoms with Crippen LogP contribution in [-0.4, -0.2) is 29.5 Å². The molecule has 26 heavy (non-hydrogen) atoms. The zero-order valence-corrected chi connectivity index (χ0v) is 15.1. The predicted molar refractivity (Wildman–Crippen MR) is 94.4 cm³/mol. The number of nitrogens with one attached hydrogen (secondary N) is 1. The van der Waals surface area contributed by atoms with Crippen LogP contribution in [0, 0.1) is 10.1 Å². The van der Waals surface area contributed by atoms with E-state index in [-0.39, 0.29) is 23.7 Å². The van der Waals surface area contributed by atoms with E-state index in [2.05, 4.69) is 26.0 Å². The van der Waals surface area contributed by atoms with Crippen LogP contribution in [0.15, 0.2) is 46.9 Å². The maximum Gasteiger partial charge on any atom is 0.387 e. The highest BCUT2D eigenvalue weighted by Gasteiger charge is 2.18. The van der Waals surface area contributed by atoms with Crippen LogP contribution < -0.4 is 10.1 Å². The van der Waals surface area contributed by atoms with E-state index in [1.807, 2.05) is 18.2 Å². The molecule has 0 atom stereocenters. The summed E-state index contributed by atoms with van der Waals surface area (Å²) in [6.07, 6.45) is 0. The molecule has 138 valence electrons. The maximum absolute atomic E-state index is 12.5. The fourth-order valence-corrected chi connectivity index (χ4v) is 2.50. The quantitative estimate of drug-likeness (QED) is 0.536. The first-order valence-corrected chi connectivity index (χ1v) is 8.06. The van der Waals surface area contributed by atoms with Crippen LogP contribution in [0.4, 0.5) is 25.0 Å². The van der Waals surface area contributed by atoms with E-state index in [1.165, 1.54) is 11.9 Å². The number of hydrogen-bond donors (Lipinski definition) is 1. The molecule has 0 aliphatic rings. The van der Waals surface area contributed by atoms with Gasteiger partial charge in [0.05, 0.1) is 10.6 Å². The Morgan fingerprint density at radius 2 is 2.04 bits per heavy atom. The summed E-state index contributed by atoms with van der Waals surface area (Å²) in [6.45, 7) is -2.90. The number of halogens is 3. The van der Waals surface area contributed by atoms with E-state index in [4.69, 9.17) is 0 Å². The van der Waals surface area contributed by atoms with Gasteiger partial charge in [0, 0.05) is 30.2 Å². The molecule has 0 spiro atoms. The SMILES string of the molecule is CN(Cc1ccccc1Br)C(=O)Nc1cc([N+](=O)[O-])ccc1OC(F)F. The Hall–Kier alpha value is -2.75. The van der Waals surface area contributed by atoms with Gasteiger partial charge in [-0.2, -0.15) is 8.78 Å². The van der Waals surface area contributed by atoms with E-state index in [0.29, 0.717) is 0 Å². The monoisotopic (exact) mass is 429 g/mol. The second kappa shape index (κ2) is 8.56. The molecule has 0 unspecified atom stereocenters. The molecular weight excluding hydrogens is 416 g/mol. The summed E-state index contributed by atoms with van der Waals surface area (Å²) in [7, 11) is 1.50. The lowest BCUT2D eigenvalue weighted by atomic mass is 10.2. The van der Waals surface area contributed by atoms with Gasteiger partial charge in [0.25, 0.3) is 5.69 Å². The molecule has 0 bridgehead atoms. The number of nitrogens with zero attached hydrogens (tertiary/aromatic N) is 2. The Balaban J connectivity index is 2.19. The predicted octanol–water partition coefficient (Wildman–Crippen LogP) is 4.62. The second-order valence-corrected chi connectivity index (χ2v) is 6.05. The number of non-ortho nitro benzene ring substituents is 1. The van der Waals surface area contributed by atoms with Crippen molar-refractivity contribution < 1.29 is 23.2 Å². The van der Waals surface area contributed by atoms with Crippen LogP contribution in [-0.2, 0) is 6.54 Å². The largest absolute Gasteiger partial charge is 0.433 e. The summed E-state index contributed by atoms with van der Waals surface area (Å²) in [5, 5.41) is 13.2. The van der Waals surface area contributed by atoms with Gasteiger partial charge in [-0.1, -0.05) is 34.1 Å². The molecular formula is C16H14BrF2N3O4. The number of nitro benzene ring substituents is 1. The van der Waals surface area contributed by atoms with E-state index in [9.17, 15) is 23.7 Å². The number of urea groups is 1. The molecule has 0 heterocycles. The fraction of sp³-hybridized carbons (Fsp3) is 0.188. The van der Waals surface area contributed by atoms with Gasteiger partial charge in [-0.25, -0.2) is 4.79 Å². The van der Waals surface area contributed by atoms with E-state index < -0.39 is 17.6 Å². The molecule has 0 radical (unpaired) electrons. The molecule has 1 N–H and O–H groups in total. The summed E-state index contributed by atoms with van der Waals surface area (Å²) >= 11 is 3.37. The lowest BCUT2D eigenvalue weighted by Crippen LogP contribution is -2.31. The van der Waals surface area contributed by atoms with Crippen LogP contribution in [0.2, 0.25) is 0 Å². The topological polar surface area (TPSA) is 84.7 Å². The number of amides is 2. The summed E-state index contributed by atoms with van der Waals surface area (Å²) in [6, 6.07) is 9.60. The number of carbonyl (C=O) groups excluding carboxylic acids is 1. The minimum atomic E-state index is -3.13. The Kier molecular flexibility index (Phi) is 6.45. The third-order valence-corrected chi connectivity index (χ3v) is 4.12. The van der Waals surface area contributed by atoms with Crippen molar-refractivity contribution in [2.24, 2.45) is 0 Å². The van der Waals surface area contributed by atoms with Gasteiger partial charge < -0.3 is 15.0 Å². The number of benzene rings is 2. The van der Waals surface area contributed by atoms with Crippen molar-refractivity contribution in [3.8, 4) is 5.75 Å². The fourth-order valence-electron chi connectivity index (χ4n) is 2.09. The van der Waals surface area contributed by atoms with Gasteiger partial charge in [0.1, 0.15) is 5.75 Å². The molecule has 0 saturated carbocycles. The van der Waals surface area contributed by atoms with Crippen LogP contribution in [0.1, 0.15) is 5.56 Å². The van der Waals surface area contributed by atoms with E-state index in [1.54, 1.807) is 6.07 Å². The number of carbonyl (C=O) groups is 1.